The number of carbonyl (C=O) groups excluding carboxylic acids is 2. The lowest BCUT2D eigenvalue weighted by Gasteiger charge is -2.27. The van der Waals surface area contributed by atoms with E-state index in [2.05, 4.69) is 0 Å². The van der Waals surface area contributed by atoms with Crippen LogP contribution in [0.5, 0.6) is 0 Å². The number of hydrogen-bond acceptors (Lipinski definition) is 3. The van der Waals surface area contributed by atoms with Crippen LogP contribution in [-0.2, 0) is 9.59 Å². The minimum atomic E-state index is -0.837. The SMILES string of the molecule is CCCCC12C=CC=CC1C(=O)N(O)C2=O. The van der Waals surface area contributed by atoms with Crippen molar-refractivity contribution in [2.45, 2.75) is 26.2 Å². The first-order valence-electron chi connectivity index (χ1n) is 5.57. The number of hydrogen-bond donors (Lipinski definition) is 1. The highest BCUT2D eigenvalue weighted by Gasteiger charge is 2.57. The van der Waals surface area contributed by atoms with Crippen molar-refractivity contribution in [2.24, 2.45) is 11.3 Å². The van der Waals surface area contributed by atoms with Gasteiger partial charge in [-0.3, -0.25) is 14.8 Å². The third-order valence-electron chi connectivity index (χ3n) is 3.37. The van der Waals surface area contributed by atoms with E-state index >= 15 is 0 Å². The number of fused-ring (bicyclic) bond motifs is 1. The topological polar surface area (TPSA) is 57.6 Å². The molecule has 2 aliphatic rings. The van der Waals surface area contributed by atoms with Crippen molar-refractivity contribution in [3.8, 4) is 0 Å². The third-order valence-corrected chi connectivity index (χ3v) is 3.37. The van der Waals surface area contributed by atoms with Gasteiger partial charge in [-0.15, -0.1) is 0 Å². The van der Waals surface area contributed by atoms with Crippen LogP contribution in [0.4, 0.5) is 0 Å². The van der Waals surface area contributed by atoms with Gasteiger partial charge >= 0.3 is 0 Å². The smallest absolute Gasteiger partial charge is 0.264 e. The largest absolute Gasteiger partial charge is 0.278 e. The fourth-order valence-electron chi connectivity index (χ4n) is 2.43. The fraction of sp³-hybridized carbons (Fsp3) is 0.500. The van der Waals surface area contributed by atoms with Crippen LogP contribution in [0.3, 0.4) is 0 Å². The molecule has 4 nitrogen and oxygen atoms in total. The molecule has 86 valence electrons. The van der Waals surface area contributed by atoms with Crippen LogP contribution >= 0.6 is 0 Å². The van der Waals surface area contributed by atoms with Crippen LogP contribution in [0.2, 0.25) is 0 Å². The highest BCUT2D eigenvalue weighted by Crippen LogP contribution is 2.45. The molecule has 0 aromatic rings. The molecule has 0 spiro atoms. The van der Waals surface area contributed by atoms with Crippen LogP contribution in [0.15, 0.2) is 24.3 Å². The zero-order chi connectivity index (χ0) is 11.8. The Labute approximate surface area is 94.2 Å². The molecule has 0 bridgehead atoms. The van der Waals surface area contributed by atoms with Gasteiger partial charge in [0, 0.05) is 0 Å². The second-order valence-electron chi connectivity index (χ2n) is 4.32. The van der Waals surface area contributed by atoms with Crippen molar-refractivity contribution < 1.29 is 14.8 Å². The Morgan fingerprint density at radius 3 is 2.88 bits per heavy atom. The lowest BCUT2D eigenvalue weighted by Crippen LogP contribution is -2.34. The highest BCUT2D eigenvalue weighted by atomic mass is 16.5. The van der Waals surface area contributed by atoms with E-state index < -0.39 is 23.1 Å². The maximum Gasteiger partial charge on any atom is 0.264 e. The number of rotatable bonds is 3. The molecule has 1 aliphatic heterocycles. The Balaban J connectivity index is 2.37. The lowest BCUT2D eigenvalue weighted by atomic mass is 9.71. The monoisotopic (exact) mass is 221 g/mol. The molecular formula is C12H15NO3. The van der Waals surface area contributed by atoms with Crippen LogP contribution < -0.4 is 0 Å². The lowest BCUT2D eigenvalue weighted by molar-refractivity contribution is -0.173. The van der Waals surface area contributed by atoms with Gasteiger partial charge in [0.2, 0.25) is 0 Å². The van der Waals surface area contributed by atoms with Gasteiger partial charge in [0.1, 0.15) is 0 Å². The van der Waals surface area contributed by atoms with E-state index in [-0.39, 0.29) is 5.06 Å². The molecule has 1 saturated heterocycles. The van der Waals surface area contributed by atoms with E-state index in [4.69, 9.17) is 0 Å². The predicted octanol–water partition coefficient (Wildman–Crippen LogP) is 1.66. The van der Waals surface area contributed by atoms with Crippen molar-refractivity contribution in [3.63, 3.8) is 0 Å². The van der Waals surface area contributed by atoms with Gasteiger partial charge in [-0.2, -0.15) is 5.06 Å². The van der Waals surface area contributed by atoms with Crippen molar-refractivity contribution in [2.75, 3.05) is 0 Å². The summed E-state index contributed by atoms with van der Waals surface area (Å²) in [6, 6.07) is 0. The maximum atomic E-state index is 11.9. The fourth-order valence-corrected chi connectivity index (χ4v) is 2.43. The number of imide groups is 1. The number of nitrogens with zero attached hydrogens (tertiary/aromatic N) is 1. The van der Waals surface area contributed by atoms with Gasteiger partial charge in [0.15, 0.2) is 0 Å². The molecular weight excluding hydrogens is 206 g/mol. The van der Waals surface area contributed by atoms with Crippen molar-refractivity contribution in [3.05, 3.63) is 24.3 Å². The third kappa shape index (κ3) is 1.33. The Morgan fingerprint density at radius 2 is 2.19 bits per heavy atom. The van der Waals surface area contributed by atoms with Crippen molar-refractivity contribution in [1.82, 2.24) is 5.06 Å². The standard InChI is InChI=1S/C12H15NO3/c1-2-3-7-12-8-5-4-6-9(12)10(14)13(16)11(12)15/h4-6,8-9,16H,2-3,7H2,1H3. The van der Waals surface area contributed by atoms with E-state index in [1.807, 2.05) is 6.92 Å². The van der Waals surface area contributed by atoms with Crippen LogP contribution in [0.25, 0.3) is 0 Å². The summed E-state index contributed by atoms with van der Waals surface area (Å²) in [4.78, 5) is 23.6. The first kappa shape index (κ1) is 11.1. The minimum Gasteiger partial charge on any atom is -0.278 e. The zero-order valence-electron chi connectivity index (χ0n) is 9.22. The summed E-state index contributed by atoms with van der Waals surface area (Å²) in [5, 5.41) is 9.71. The summed E-state index contributed by atoms with van der Waals surface area (Å²) >= 11 is 0. The van der Waals surface area contributed by atoms with Crippen molar-refractivity contribution >= 4 is 11.8 Å². The molecule has 2 unspecified atom stereocenters. The zero-order valence-corrected chi connectivity index (χ0v) is 9.22. The summed E-state index contributed by atoms with van der Waals surface area (Å²) in [7, 11) is 0. The molecule has 2 atom stereocenters. The van der Waals surface area contributed by atoms with Gasteiger partial charge in [-0.25, -0.2) is 0 Å². The van der Waals surface area contributed by atoms with E-state index in [1.54, 1.807) is 24.3 Å². The van der Waals surface area contributed by atoms with Crippen LogP contribution in [-0.4, -0.2) is 22.1 Å². The molecule has 0 aromatic heterocycles. The quantitative estimate of drug-likeness (QED) is 0.582. The molecule has 2 amide bonds. The normalized spacial score (nSPS) is 32.4. The molecule has 1 fully saturated rings. The summed E-state index contributed by atoms with van der Waals surface area (Å²) in [6.07, 6.45) is 9.41. The molecule has 1 aliphatic carbocycles. The summed E-state index contributed by atoms with van der Waals surface area (Å²) < 4.78 is 0. The Kier molecular flexibility index (Phi) is 2.68. The van der Waals surface area contributed by atoms with E-state index in [9.17, 15) is 14.8 Å². The summed E-state index contributed by atoms with van der Waals surface area (Å²) in [5.74, 6) is -1.53. The number of carbonyl (C=O) groups is 2. The number of allylic oxidation sites excluding steroid dienone is 2. The van der Waals surface area contributed by atoms with Gasteiger partial charge in [-0.05, 0) is 6.42 Å². The second-order valence-corrected chi connectivity index (χ2v) is 4.32. The molecule has 4 heteroatoms. The first-order chi connectivity index (χ1) is 7.63. The average molecular weight is 221 g/mol. The van der Waals surface area contributed by atoms with E-state index in [0.29, 0.717) is 6.42 Å². The highest BCUT2D eigenvalue weighted by molar-refractivity contribution is 6.08. The summed E-state index contributed by atoms with van der Waals surface area (Å²) in [5.41, 5.74) is -0.837. The molecule has 0 radical (unpaired) electrons. The van der Waals surface area contributed by atoms with E-state index in [0.717, 1.165) is 12.8 Å². The van der Waals surface area contributed by atoms with Gasteiger partial charge in [-0.1, -0.05) is 44.1 Å². The Hall–Kier alpha value is -1.42. The minimum absolute atomic E-state index is 0.278. The molecule has 1 N–H and O–H groups in total. The molecule has 0 saturated carbocycles. The van der Waals surface area contributed by atoms with Gasteiger partial charge < -0.3 is 0 Å². The van der Waals surface area contributed by atoms with Crippen molar-refractivity contribution in [1.29, 1.82) is 0 Å². The van der Waals surface area contributed by atoms with Crippen LogP contribution in [0.1, 0.15) is 26.2 Å². The Morgan fingerprint density at radius 1 is 1.44 bits per heavy atom. The number of amides is 2. The predicted molar refractivity (Wildman–Crippen MR) is 57.4 cm³/mol. The molecule has 1 heterocycles. The molecule has 0 aromatic carbocycles. The summed E-state index contributed by atoms with van der Waals surface area (Å²) in [6.45, 7) is 2.03. The molecule has 16 heavy (non-hydrogen) atoms. The Bertz CT molecular complexity index is 386. The van der Waals surface area contributed by atoms with Gasteiger partial charge in [0.05, 0.1) is 11.3 Å². The van der Waals surface area contributed by atoms with E-state index in [1.165, 1.54) is 0 Å². The number of hydroxylamine groups is 2. The number of unbranched alkanes of at least 4 members (excludes halogenated alkanes) is 1. The van der Waals surface area contributed by atoms with Gasteiger partial charge in [0.25, 0.3) is 11.8 Å². The second kappa shape index (κ2) is 3.87. The van der Waals surface area contributed by atoms with Crippen LogP contribution in [0, 0.1) is 11.3 Å². The molecule has 2 rings (SSSR count). The first-order valence-corrected chi connectivity index (χ1v) is 5.57. The maximum absolute atomic E-state index is 11.9. The average Bonchev–Trinajstić information content (AvgIpc) is 2.50.